The van der Waals surface area contributed by atoms with E-state index in [1.54, 1.807) is 7.11 Å². The first-order valence-electron chi connectivity index (χ1n) is 9.33. The molecule has 3 heteroatoms. The molecule has 0 saturated carbocycles. The lowest BCUT2D eigenvalue weighted by molar-refractivity contribution is -0.0243. The first-order valence-corrected chi connectivity index (χ1v) is 9.33. The third-order valence-electron chi connectivity index (χ3n) is 7.07. The maximum atomic E-state index is 12.1. The highest BCUT2D eigenvalue weighted by molar-refractivity contribution is 5.51. The summed E-state index contributed by atoms with van der Waals surface area (Å²) in [5.74, 6) is 1.51. The number of nitrogens with zero attached hydrogens (tertiary/aromatic N) is 1. The maximum absolute atomic E-state index is 12.1. The summed E-state index contributed by atoms with van der Waals surface area (Å²) in [4.78, 5) is 2.57. The van der Waals surface area contributed by atoms with E-state index >= 15 is 0 Å². The summed E-state index contributed by atoms with van der Waals surface area (Å²) in [5.41, 5.74) is 2.56. The molecule has 25 heavy (non-hydrogen) atoms. The summed E-state index contributed by atoms with van der Waals surface area (Å²) in [6.45, 7) is 0. The van der Waals surface area contributed by atoms with Crippen molar-refractivity contribution in [3.05, 3.63) is 65.2 Å². The van der Waals surface area contributed by atoms with E-state index in [-0.39, 0.29) is 5.92 Å². The van der Waals surface area contributed by atoms with Gasteiger partial charge in [-0.15, -0.1) is 0 Å². The fraction of sp³-hybridized carbons (Fsp3) is 0.455. The Morgan fingerprint density at radius 1 is 1.08 bits per heavy atom. The molecule has 5 atom stereocenters. The first kappa shape index (κ1) is 15.4. The first-order chi connectivity index (χ1) is 12.1. The van der Waals surface area contributed by atoms with Crippen molar-refractivity contribution in [1.29, 1.82) is 0 Å². The van der Waals surface area contributed by atoms with Gasteiger partial charge in [0.2, 0.25) is 0 Å². The molecule has 2 fully saturated rings. The quantitative estimate of drug-likeness (QED) is 0.911. The molecule has 2 heterocycles. The van der Waals surface area contributed by atoms with Crippen molar-refractivity contribution in [1.82, 2.24) is 4.90 Å². The Hall–Kier alpha value is -1.84. The minimum Gasteiger partial charge on any atom is -0.497 e. The van der Waals surface area contributed by atoms with E-state index in [1.807, 2.05) is 24.3 Å². The molecular weight excluding hydrogens is 310 g/mol. The molecule has 2 saturated heterocycles. The Balaban J connectivity index is 1.68. The van der Waals surface area contributed by atoms with Crippen LogP contribution in [0, 0.1) is 5.92 Å². The van der Waals surface area contributed by atoms with E-state index in [4.69, 9.17) is 4.74 Å². The SMILES string of the molecule is COc1ccc(C2(O)c3ccccc3C3C4CCC(CC32)N4C)cc1. The zero-order valence-electron chi connectivity index (χ0n) is 14.9. The van der Waals surface area contributed by atoms with Gasteiger partial charge in [-0.2, -0.15) is 0 Å². The summed E-state index contributed by atoms with van der Waals surface area (Å²) in [5, 5.41) is 12.1. The standard InChI is InChI=1S/C22H25NO2/c1-23-15-9-12-20(23)21-17-5-3-4-6-18(17)22(24,19(21)13-15)14-7-10-16(25-2)11-8-14/h3-8,10-11,15,19-21,24H,9,12-13H2,1-2H3. The van der Waals surface area contributed by atoms with Gasteiger partial charge in [-0.05, 0) is 55.1 Å². The second kappa shape index (κ2) is 5.33. The summed E-state index contributed by atoms with van der Waals surface area (Å²) < 4.78 is 5.31. The number of hydrogen-bond acceptors (Lipinski definition) is 3. The van der Waals surface area contributed by atoms with Crippen LogP contribution in [0.15, 0.2) is 48.5 Å². The Kier molecular flexibility index (Phi) is 3.28. The van der Waals surface area contributed by atoms with Crippen molar-refractivity contribution < 1.29 is 9.84 Å². The molecule has 5 unspecified atom stereocenters. The van der Waals surface area contributed by atoms with Gasteiger partial charge in [-0.25, -0.2) is 0 Å². The average Bonchev–Trinajstić information content (AvgIpc) is 3.04. The van der Waals surface area contributed by atoms with Gasteiger partial charge in [-0.1, -0.05) is 36.4 Å². The van der Waals surface area contributed by atoms with Gasteiger partial charge in [0.05, 0.1) is 7.11 Å². The van der Waals surface area contributed by atoms with Crippen molar-refractivity contribution in [3.8, 4) is 5.75 Å². The fourth-order valence-corrected chi connectivity index (χ4v) is 5.87. The van der Waals surface area contributed by atoms with Crippen LogP contribution in [-0.4, -0.2) is 36.2 Å². The van der Waals surface area contributed by atoms with Crippen LogP contribution < -0.4 is 4.74 Å². The third kappa shape index (κ3) is 1.94. The summed E-state index contributed by atoms with van der Waals surface area (Å²) >= 11 is 0. The number of fused-ring (bicyclic) bond motifs is 6. The van der Waals surface area contributed by atoms with Gasteiger partial charge in [0.25, 0.3) is 0 Å². The molecule has 5 rings (SSSR count). The molecule has 0 radical (unpaired) electrons. The Morgan fingerprint density at radius 3 is 2.60 bits per heavy atom. The normalized spacial score (nSPS) is 36.1. The van der Waals surface area contributed by atoms with Crippen molar-refractivity contribution >= 4 is 0 Å². The minimum absolute atomic E-state index is 0.256. The van der Waals surface area contributed by atoms with E-state index in [0.717, 1.165) is 23.3 Å². The van der Waals surface area contributed by atoms with Crippen molar-refractivity contribution in [3.63, 3.8) is 0 Å². The Bertz CT molecular complexity index is 802. The molecule has 2 aromatic rings. The lowest BCUT2D eigenvalue weighted by atomic mass is 9.72. The highest BCUT2D eigenvalue weighted by Gasteiger charge is 2.59. The molecule has 1 aliphatic carbocycles. The number of aliphatic hydroxyl groups is 1. The van der Waals surface area contributed by atoms with Crippen molar-refractivity contribution in [2.45, 2.75) is 42.9 Å². The Labute approximate surface area is 149 Å². The number of hydrogen-bond donors (Lipinski definition) is 1. The number of methoxy groups -OCH3 is 1. The van der Waals surface area contributed by atoms with Crippen LogP contribution in [0.4, 0.5) is 0 Å². The predicted molar refractivity (Wildman–Crippen MR) is 97.9 cm³/mol. The molecule has 0 spiro atoms. The molecule has 2 aromatic carbocycles. The largest absolute Gasteiger partial charge is 0.497 e. The summed E-state index contributed by atoms with van der Waals surface area (Å²) in [7, 11) is 3.95. The van der Waals surface area contributed by atoms with Gasteiger partial charge < -0.3 is 9.84 Å². The number of ether oxygens (including phenoxy) is 1. The number of likely N-dealkylation sites (N-methyl/N-ethyl adjacent to an activating group) is 1. The topological polar surface area (TPSA) is 32.7 Å². The van der Waals surface area contributed by atoms with Gasteiger partial charge in [0.15, 0.2) is 0 Å². The summed E-state index contributed by atoms with van der Waals surface area (Å²) in [6, 6.07) is 17.7. The Morgan fingerprint density at radius 2 is 1.84 bits per heavy atom. The molecule has 130 valence electrons. The van der Waals surface area contributed by atoms with Gasteiger partial charge in [0.1, 0.15) is 11.4 Å². The van der Waals surface area contributed by atoms with Gasteiger partial charge in [-0.3, -0.25) is 4.90 Å². The highest BCUT2D eigenvalue weighted by atomic mass is 16.5. The van der Waals surface area contributed by atoms with E-state index in [2.05, 4.69) is 36.2 Å². The number of piperidine rings is 1. The smallest absolute Gasteiger partial charge is 0.118 e. The zero-order valence-corrected chi connectivity index (χ0v) is 14.9. The minimum atomic E-state index is -0.893. The van der Waals surface area contributed by atoms with Crippen LogP contribution in [0.1, 0.15) is 41.9 Å². The van der Waals surface area contributed by atoms with Crippen LogP contribution in [-0.2, 0) is 5.60 Å². The molecule has 3 aliphatic rings. The van der Waals surface area contributed by atoms with Crippen LogP contribution in [0.25, 0.3) is 0 Å². The molecule has 0 amide bonds. The fourth-order valence-electron chi connectivity index (χ4n) is 5.87. The van der Waals surface area contributed by atoms with E-state index in [1.165, 1.54) is 18.4 Å². The second-order valence-electron chi connectivity index (χ2n) is 7.91. The van der Waals surface area contributed by atoms with Crippen molar-refractivity contribution in [2.75, 3.05) is 14.2 Å². The van der Waals surface area contributed by atoms with Crippen LogP contribution >= 0.6 is 0 Å². The third-order valence-corrected chi connectivity index (χ3v) is 7.07. The molecule has 1 N–H and O–H groups in total. The number of benzene rings is 2. The zero-order chi connectivity index (χ0) is 17.2. The maximum Gasteiger partial charge on any atom is 0.118 e. The average molecular weight is 335 g/mol. The van der Waals surface area contributed by atoms with E-state index in [0.29, 0.717) is 18.0 Å². The lowest BCUT2D eigenvalue weighted by Crippen LogP contribution is -2.48. The van der Waals surface area contributed by atoms with Gasteiger partial charge >= 0.3 is 0 Å². The second-order valence-corrected chi connectivity index (χ2v) is 7.91. The van der Waals surface area contributed by atoms with E-state index in [9.17, 15) is 5.11 Å². The van der Waals surface area contributed by atoms with Crippen molar-refractivity contribution in [2.24, 2.45) is 5.92 Å². The number of rotatable bonds is 2. The van der Waals surface area contributed by atoms with Gasteiger partial charge in [0, 0.05) is 23.9 Å². The molecular formula is C22H25NO2. The molecule has 2 aliphatic heterocycles. The molecule has 0 aromatic heterocycles. The van der Waals surface area contributed by atoms with Crippen LogP contribution in [0.3, 0.4) is 0 Å². The lowest BCUT2D eigenvalue weighted by Gasteiger charge is -2.44. The molecule has 3 nitrogen and oxygen atoms in total. The highest BCUT2D eigenvalue weighted by Crippen LogP contribution is 2.60. The van der Waals surface area contributed by atoms with Crippen LogP contribution in [0.2, 0.25) is 0 Å². The summed E-state index contributed by atoms with van der Waals surface area (Å²) in [6.07, 6.45) is 3.57. The molecule has 2 bridgehead atoms. The monoisotopic (exact) mass is 335 g/mol. The van der Waals surface area contributed by atoms with Crippen LogP contribution in [0.5, 0.6) is 5.75 Å². The van der Waals surface area contributed by atoms with E-state index < -0.39 is 5.60 Å². The predicted octanol–water partition coefficient (Wildman–Crippen LogP) is 3.51.